The second kappa shape index (κ2) is 5.96. The number of hydrogen-bond acceptors (Lipinski definition) is 4. The van der Waals surface area contributed by atoms with Gasteiger partial charge in [-0.05, 0) is 31.2 Å². The summed E-state index contributed by atoms with van der Waals surface area (Å²) in [6.07, 6.45) is 2.73. The van der Waals surface area contributed by atoms with Crippen molar-refractivity contribution < 1.29 is 13.2 Å². The van der Waals surface area contributed by atoms with Crippen LogP contribution in [-0.2, 0) is 16.6 Å². The fourth-order valence-electron chi connectivity index (χ4n) is 1.74. The Hall–Kier alpha value is -2.35. The maximum atomic E-state index is 12.0. The van der Waals surface area contributed by atoms with Gasteiger partial charge in [0.1, 0.15) is 0 Å². The van der Waals surface area contributed by atoms with Crippen LogP contribution in [0.25, 0.3) is 0 Å². The Morgan fingerprint density at radius 2 is 1.95 bits per heavy atom. The summed E-state index contributed by atoms with van der Waals surface area (Å²) in [5, 5.41) is 9.44. The Morgan fingerprint density at radius 3 is 2.48 bits per heavy atom. The highest BCUT2D eigenvalue weighted by molar-refractivity contribution is 7.92. The third kappa shape index (κ3) is 4.32. The van der Waals surface area contributed by atoms with Crippen molar-refractivity contribution in [2.24, 2.45) is 0 Å². The molecule has 7 nitrogen and oxygen atoms in total. The van der Waals surface area contributed by atoms with Crippen molar-refractivity contribution in [2.45, 2.75) is 13.5 Å². The Kier molecular flexibility index (Phi) is 4.27. The number of rotatable bonds is 5. The number of nitrogens with zero attached hydrogens (tertiary/aromatic N) is 1. The van der Waals surface area contributed by atoms with E-state index < -0.39 is 10.0 Å². The molecular weight excluding hydrogens is 292 g/mol. The topological polar surface area (TPSA) is 104 Å². The quantitative estimate of drug-likeness (QED) is 0.767. The molecule has 1 aromatic heterocycles. The highest BCUT2D eigenvalue weighted by atomic mass is 32.2. The van der Waals surface area contributed by atoms with Gasteiger partial charge >= 0.3 is 0 Å². The molecule has 0 aliphatic heterocycles. The van der Waals surface area contributed by atoms with Crippen LogP contribution in [0, 0.1) is 6.92 Å². The SMILES string of the molecule is Cc1[nH]ncc1CNC(=O)c1ccc(NS(C)(=O)=O)cc1. The van der Waals surface area contributed by atoms with Crippen LogP contribution in [-0.4, -0.2) is 30.8 Å². The third-order valence-corrected chi connectivity index (χ3v) is 3.43. The first kappa shape index (κ1) is 15.0. The molecule has 2 rings (SSSR count). The van der Waals surface area contributed by atoms with Gasteiger partial charge in [-0.2, -0.15) is 5.10 Å². The van der Waals surface area contributed by atoms with E-state index >= 15 is 0 Å². The number of hydrogen-bond donors (Lipinski definition) is 3. The number of nitrogens with one attached hydrogen (secondary N) is 3. The number of anilines is 1. The van der Waals surface area contributed by atoms with E-state index in [1.807, 2.05) is 6.92 Å². The second-order valence-corrected chi connectivity index (χ2v) is 6.40. The third-order valence-electron chi connectivity index (χ3n) is 2.82. The van der Waals surface area contributed by atoms with Crippen molar-refractivity contribution in [3.8, 4) is 0 Å². The summed E-state index contributed by atoms with van der Waals surface area (Å²) in [5.74, 6) is -0.235. The van der Waals surface area contributed by atoms with E-state index in [1.165, 1.54) is 0 Å². The van der Waals surface area contributed by atoms with E-state index in [4.69, 9.17) is 0 Å². The molecule has 2 aromatic rings. The Labute approximate surface area is 122 Å². The van der Waals surface area contributed by atoms with Crippen LogP contribution in [0.4, 0.5) is 5.69 Å². The zero-order valence-electron chi connectivity index (χ0n) is 11.7. The van der Waals surface area contributed by atoms with Crippen molar-refractivity contribution in [1.82, 2.24) is 15.5 Å². The molecule has 21 heavy (non-hydrogen) atoms. The van der Waals surface area contributed by atoms with Crippen LogP contribution in [0.5, 0.6) is 0 Å². The molecule has 1 aromatic carbocycles. The molecule has 0 aliphatic carbocycles. The van der Waals surface area contributed by atoms with E-state index in [9.17, 15) is 13.2 Å². The minimum atomic E-state index is -3.32. The Bertz CT molecular complexity index is 735. The summed E-state index contributed by atoms with van der Waals surface area (Å²) >= 11 is 0. The minimum Gasteiger partial charge on any atom is -0.348 e. The predicted molar refractivity (Wildman–Crippen MR) is 79.4 cm³/mol. The Balaban J connectivity index is 1.98. The number of carbonyl (C=O) groups is 1. The van der Waals surface area contributed by atoms with Gasteiger partial charge in [-0.25, -0.2) is 8.42 Å². The number of aromatic nitrogens is 2. The molecule has 8 heteroatoms. The summed E-state index contributed by atoms with van der Waals surface area (Å²) < 4.78 is 24.5. The number of aryl methyl sites for hydroxylation is 1. The van der Waals surface area contributed by atoms with Crippen LogP contribution >= 0.6 is 0 Å². The number of benzene rings is 1. The lowest BCUT2D eigenvalue weighted by atomic mass is 10.2. The van der Waals surface area contributed by atoms with Gasteiger partial charge in [-0.15, -0.1) is 0 Å². The summed E-state index contributed by atoms with van der Waals surface area (Å²) in [6, 6.07) is 6.20. The average molecular weight is 308 g/mol. The van der Waals surface area contributed by atoms with Gasteiger partial charge in [0.15, 0.2) is 0 Å². The van der Waals surface area contributed by atoms with Crippen LogP contribution in [0.15, 0.2) is 30.5 Å². The molecule has 0 bridgehead atoms. The molecule has 3 N–H and O–H groups in total. The zero-order valence-corrected chi connectivity index (χ0v) is 12.5. The number of aromatic amines is 1. The second-order valence-electron chi connectivity index (χ2n) is 4.65. The van der Waals surface area contributed by atoms with Gasteiger partial charge in [0.25, 0.3) is 5.91 Å². The number of amides is 1. The van der Waals surface area contributed by atoms with E-state index in [0.717, 1.165) is 17.5 Å². The molecule has 0 radical (unpaired) electrons. The summed E-state index contributed by atoms with van der Waals surface area (Å²) in [4.78, 5) is 12.0. The van der Waals surface area contributed by atoms with Crippen molar-refractivity contribution in [3.63, 3.8) is 0 Å². The van der Waals surface area contributed by atoms with Gasteiger partial charge in [-0.1, -0.05) is 0 Å². The molecule has 1 amide bonds. The first-order valence-corrected chi connectivity index (χ1v) is 8.09. The van der Waals surface area contributed by atoms with Crippen molar-refractivity contribution in [1.29, 1.82) is 0 Å². The molecule has 0 fully saturated rings. The van der Waals surface area contributed by atoms with Crippen LogP contribution in [0.2, 0.25) is 0 Å². The van der Waals surface area contributed by atoms with E-state index in [1.54, 1.807) is 30.5 Å². The maximum Gasteiger partial charge on any atom is 0.251 e. The summed E-state index contributed by atoms with van der Waals surface area (Å²) in [7, 11) is -3.32. The van der Waals surface area contributed by atoms with E-state index in [0.29, 0.717) is 17.8 Å². The monoisotopic (exact) mass is 308 g/mol. The van der Waals surface area contributed by atoms with Crippen molar-refractivity contribution in [2.75, 3.05) is 11.0 Å². The Morgan fingerprint density at radius 1 is 1.29 bits per heavy atom. The number of sulfonamides is 1. The zero-order chi connectivity index (χ0) is 15.5. The molecule has 0 saturated carbocycles. The van der Waals surface area contributed by atoms with Crippen LogP contribution < -0.4 is 10.0 Å². The van der Waals surface area contributed by atoms with Crippen molar-refractivity contribution >= 4 is 21.6 Å². The van der Waals surface area contributed by atoms with Gasteiger partial charge in [0.05, 0.1) is 12.5 Å². The maximum absolute atomic E-state index is 12.0. The van der Waals surface area contributed by atoms with Gasteiger partial charge in [0.2, 0.25) is 10.0 Å². The normalized spacial score (nSPS) is 11.1. The predicted octanol–water partition coefficient (Wildman–Crippen LogP) is 1.02. The molecule has 0 aliphatic rings. The molecule has 112 valence electrons. The first-order valence-electron chi connectivity index (χ1n) is 6.20. The smallest absolute Gasteiger partial charge is 0.251 e. The average Bonchev–Trinajstić information content (AvgIpc) is 2.80. The van der Waals surface area contributed by atoms with E-state index in [-0.39, 0.29) is 5.91 Å². The fourth-order valence-corrected chi connectivity index (χ4v) is 2.30. The van der Waals surface area contributed by atoms with Gasteiger partial charge in [-0.3, -0.25) is 14.6 Å². The lowest BCUT2D eigenvalue weighted by Gasteiger charge is -2.07. The highest BCUT2D eigenvalue weighted by Crippen LogP contribution is 2.11. The van der Waals surface area contributed by atoms with E-state index in [2.05, 4.69) is 20.2 Å². The van der Waals surface area contributed by atoms with Crippen LogP contribution in [0.1, 0.15) is 21.6 Å². The fraction of sp³-hybridized carbons (Fsp3) is 0.231. The molecule has 0 saturated heterocycles. The minimum absolute atomic E-state index is 0.235. The van der Waals surface area contributed by atoms with Crippen LogP contribution in [0.3, 0.4) is 0 Å². The molecular formula is C13H16N4O3S. The highest BCUT2D eigenvalue weighted by Gasteiger charge is 2.08. The van der Waals surface area contributed by atoms with Gasteiger partial charge in [0, 0.05) is 29.1 Å². The largest absolute Gasteiger partial charge is 0.348 e. The first-order chi connectivity index (χ1) is 9.85. The number of H-pyrrole nitrogens is 1. The van der Waals surface area contributed by atoms with Gasteiger partial charge < -0.3 is 5.32 Å². The molecule has 0 unspecified atom stereocenters. The lowest BCUT2D eigenvalue weighted by molar-refractivity contribution is 0.0951. The number of carbonyl (C=O) groups excluding carboxylic acids is 1. The molecule has 0 atom stereocenters. The summed E-state index contributed by atoms with van der Waals surface area (Å²) in [6.45, 7) is 2.25. The van der Waals surface area contributed by atoms with Crippen molar-refractivity contribution in [3.05, 3.63) is 47.3 Å². The molecule has 1 heterocycles. The standard InChI is InChI=1S/C13H16N4O3S/c1-9-11(8-15-16-9)7-14-13(18)10-3-5-12(6-4-10)17-21(2,19)20/h3-6,8,17H,7H2,1-2H3,(H,14,18)(H,15,16). The molecule has 0 spiro atoms. The summed E-state index contributed by atoms with van der Waals surface area (Å²) in [5.41, 5.74) is 2.69. The lowest BCUT2D eigenvalue weighted by Crippen LogP contribution is -2.22.